The van der Waals surface area contributed by atoms with Crippen LogP contribution in [-0.2, 0) is 9.31 Å². The third-order valence-electron chi connectivity index (χ3n) is 6.34. The lowest BCUT2D eigenvalue weighted by molar-refractivity contribution is 0.00578. The van der Waals surface area contributed by atoms with Crippen LogP contribution in [0.4, 0.5) is 0 Å². The summed E-state index contributed by atoms with van der Waals surface area (Å²) in [4.78, 5) is 0. The number of rotatable bonds is 2. The molecular weight excluding hydrogens is 375 g/mol. The molecule has 5 rings (SSSR count). The molecule has 1 aliphatic rings. The molecular formula is C25H25BO2S. The van der Waals surface area contributed by atoms with Crippen LogP contribution in [0.25, 0.3) is 31.3 Å². The molecule has 1 fully saturated rings. The van der Waals surface area contributed by atoms with Crippen molar-refractivity contribution in [1.29, 1.82) is 0 Å². The van der Waals surface area contributed by atoms with Gasteiger partial charge in [0, 0.05) is 20.2 Å². The standard InChI is InChI=1S/C25H25BO2S/c1-16-13-17(15-18(14-16)26-27-24(2,3)25(4,5)28-26)19-10-8-11-21-20-9-6-7-12-22(20)29-23(19)21/h6-15H,1-5H3. The summed E-state index contributed by atoms with van der Waals surface area (Å²) in [5, 5.41) is 2.65. The van der Waals surface area contributed by atoms with Gasteiger partial charge in [0.05, 0.1) is 11.2 Å². The van der Waals surface area contributed by atoms with Gasteiger partial charge in [-0.2, -0.15) is 0 Å². The molecule has 3 aromatic carbocycles. The molecule has 0 N–H and O–H groups in total. The molecule has 146 valence electrons. The van der Waals surface area contributed by atoms with Gasteiger partial charge < -0.3 is 9.31 Å². The van der Waals surface area contributed by atoms with Crippen molar-refractivity contribution in [3.05, 3.63) is 66.2 Å². The van der Waals surface area contributed by atoms with Crippen molar-refractivity contribution in [2.45, 2.75) is 45.8 Å². The fraction of sp³-hybridized carbons (Fsp3) is 0.280. The zero-order chi connectivity index (χ0) is 20.4. The number of thiophene rings is 1. The smallest absolute Gasteiger partial charge is 0.399 e. The maximum absolute atomic E-state index is 6.31. The predicted octanol–water partition coefficient (Wildman–Crippen LogP) is 6.33. The fourth-order valence-electron chi connectivity index (χ4n) is 4.06. The predicted molar refractivity (Wildman–Crippen MR) is 125 cm³/mol. The van der Waals surface area contributed by atoms with Gasteiger partial charge in [0.1, 0.15) is 0 Å². The third kappa shape index (κ3) is 3.02. The van der Waals surface area contributed by atoms with E-state index in [-0.39, 0.29) is 18.3 Å². The zero-order valence-electron chi connectivity index (χ0n) is 17.6. The molecule has 1 aliphatic heterocycles. The summed E-state index contributed by atoms with van der Waals surface area (Å²) in [6.07, 6.45) is 0. The highest BCUT2D eigenvalue weighted by Crippen LogP contribution is 2.40. The molecule has 0 atom stereocenters. The Kier molecular flexibility index (Phi) is 4.18. The molecule has 0 bridgehead atoms. The van der Waals surface area contributed by atoms with Crippen LogP contribution in [0.15, 0.2) is 60.7 Å². The molecule has 4 heteroatoms. The average molecular weight is 400 g/mol. The fourth-order valence-corrected chi connectivity index (χ4v) is 5.30. The number of hydrogen-bond donors (Lipinski definition) is 0. The van der Waals surface area contributed by atoms with Crippen LogP contribution in [0.1, 0.15) is 33.3 Å². The molecule has 2 heterocycles. The number of aryl methyl sites for hydroxylation is 1. The molecule has 0 amide bonds. The van der Waals surface area contributed by atoms with Gasteiger partial charge in [0.25, 0.3) is 0 Å². The molecule has 0 radical (unpaired) electrons. The molecule has 29 heavy (non-hydrogen) atoms. The van der Waals surface area contributed by atoms with Crippen LogP contribution in [-0.4, -0.2) is 18.3 Å². The largest absolute Gasteiger partial charge is 0.494 e. The summed E-state index contributed by atoms with van der Waals surface area (Å²) in [6, 6.07) is 21.9. The van der Waals surface area contributed by atoms with Gasteiger partial charge in [0.15, 0.2) is 0 Å². The minimum atomic E-state index is -0.347. The molecule has 1 aromatic heterocycles. The van der Waals surface area contributed by atoms with E-state index in [1.165, 1.54) is 36.9 Å². The van der Waals surface area contributed by atoms with Crippen molar-refractivity contribution in [3.8, 4) is 11.1 Å². The Balaban J connectivity index is 1.65. The topological polar surface area (TPSA) is 18.5 Å². The summed E-state index contributed by atoms with van der Waals surface area (Å²) in [7, 11) is -0.347. The Morgan fingerprint density at radius 1 is 0.793 bits per heavy atom. The molecule has 0 spiro atoms. The summed E-state index contributed by atoms with van der Waals surface area (Å²) in [5.41, 5.74) is 4.10. The van der Waals surface area contributed by atoms with Crippen molar-refractivity contribution in [3.63, 3.8) is 0 Å². The lowest BCUT2D eigenvalue weighted by Gasteiger charge is -2.32. The van der Waals surface area contributed by atoms with Crippen molar-refractivity contribution < 1.29 is 9.31 Å². The first-order valence-corrected chi connectivity index (χ1v) is 10.9. The number of benzene rings is 3. The minimum Gasteiger partial charge on any atom is -0.399 e. The second kappa shape index (κ2) is 6.43. The monoisotopic (exact) mass is 400 g/mol. The Hall–Kier alpha value is -2.14. The van der Waals surface area contributed by atoms with Crippen LogP contribution in [0.2, 0.25) is 0 Å². The van der Waals surface area contributed by atoms with Crippen molar-refractivity contribution >= 4 is 44.1 Å². The van der Waals surface area contributed by atoms with E-state index in [0.717, 1.165) is 5.46 Å². The van der Waals surface area contributed by atoms with Gasteiger partial charge in [-0.25, -0.2) is 0 Å². The van der Waals surface area contributed by atoms with E-state index in [1.807, 2.05) is 11.3 Å². The van der Waals surface area contributed by atoms with Crippen LogP contribution < -0.4 is 5.46 Å². The highest BCUT2D eigenvalue weighted by Gasteiger charge is 2.51. The van der Waals surface area contributed by atoms with Gasteiger partial charge in [-0.3, -0.25) is 0 Å². The molecule has 1 saturated heterocycles. The Morgan fingerprint density at radius 3 is 2.24 bits per heavy atom. The highest BCUT2D eigenvalue weighted by molar-refractivity contribution is 7.26. The number of fused-ring (bicyclic) bond motifs is 3. The lowest BCUT2D eigenvalue weighted by atomic mass is 9.77. The first-order chi connectivity index (χ1) is 13.7. The second-order valence-corrected chi connectivity index (χ2v) is 10.1. The van der Waals surface area contributed by atoms with E-state index in [4.69, 9.17) is 9.31 Å². The normalized spacial score (nSPS) is 18.0. The lowest BCUT2D eigenvalue weighted by Crippen LogP contribution is -2.41. The van der Waals surface area contributed by atoms with E-state index >= 15 is 0 Å². The van der Waals surface area contributed by atoms with Crippen molar-refractivity contribution in [1.82, 2.24) is 0 Å². The van der Waals surface area contributed by atoms with E-state index in [1.54, 1.807) is 0 Å². The van der Waals surface area contributed by atoms with E-state index < -0.39 is 0 Å². The van der Waals surface area contributed by atoms with Crippen LogP contribution >= 0.6 is 11.3 Å². The molecule has 2 nitrogen and oxygen atoms in total. The quantitative estimate of drug-likeness (QED) is 0.366. The van der Waals surface area contributed by atoms with Gasteiger partial charge in [-0.05, 0) is 57.3 Å². The summed E-state index contributed by atoms with van der Waals surface area (Å²) in [6.45, 7) is 10.5. The third-order valence-corrected chi connectivity index (χ3v) is 7.56. The summed E-state index contributed by atoms with van der Waals surface area (Å²) < 4.78 is 15.3. The second-order valence-electron chi connectivity index (χ2n) is 9.00. The minimum absolute atomic E-state index is 0.340. The van der Waals surface area contributed by atoms with E-state index in [9.17, 15) is 0 Å². The Morgan fingerprint density at radius 2 is 1.48 bits per heavy atom. The average Bonchev–Trinajstić information content (AvgIpc) is 3.15. The molecule has 0 unspecified atom stereocenters. The van der Waals surface area contributed by atoms with Gasteiger partial charge in [0.2, 0.25) is 0 Å². The van der Waals surface area contributed by atoms with Crippen molar-refractivity contribution in [2.75, 3.05) is 0 Å². The zero-order valence-corrected chi connectivity index (χ0v) is 18.4. The van der Waals surface area contributed by atoms with Crippen molar-refractivity contribution in [2.24, 2.45) is 0 Å². The van der Waals surface area contributed by atoms with Gasteiger partial charge in [-0.15, -0.1) is 11.3 Å². The Labute approximate surface area is 176 Å². The highest BCUT2D eigenvalue weighted by atomic mass is 32.1. The molecule has 4 aromatic rings. The maximum atomic E-state index is 6.31. The van der Waals surface area contributed by atoms with E-state index in [0.29, 0.717) is 0 Å². The molecule has 0 aliphatic carbocycles. The Bertz CT molecular complexity index is 1220. The van der Waals surface area contributed by atoms with Gasteiger partial charge >= 0.3 is 7.12 Å². The molecule has 0 saturated carbocycles. The van der Waals surface area contributed by atoms with Crippen LogP contribution in [0, 0.1) is 6.92 Å². The maximum Gasteiger partial charge on any atom is 0.494 e. The van der Waals surface area contributed by atoms with Gasteiger partial charge in [-0.1, -0.05) is 60.2 Å². The summed E-state index contributed by atoms with van der Waals surface area (Å²) >= 11 is 1.86. The first kappa shape index (κ1) is 18.9. The first-order valence-electron chi connectivity index (χ1n) is 10.1. The van der Waals surface area contributed by atoms with Crippen LogP contribution in [0.5, 0.6) is 0 Å². The summed E-state index contributed by atoms with van der Waals surface area (Å²) in [5.74, 6) is 0. The number of hydrogen-bond acceptors (Lipinski definition) is 3. The van der Waals surface area contributed by atoms with Crippen LogP contribution in [0.3, 0.4) is 0 Å². The SMILES string of the molecule is Cc1cc(B2OC(C)(C)C(C)(C)O2)cc(-c2cccc3c2sc2ccccc23)c1. The van der Waals surface area contributed by atoms with E-state index in [2.05, 4.69) is 95.3 Å².